The fourth-order valence-electron chi connectivity index (χ4n) is 3.24. The number of nitrogens with two attached hydrogens (primary N) is 1. The Hall–Kier alpha value is -2.09. The van der Waals surface area contributed by atoms with Crippen LogP contribution >= 0.6 is 0 Å². The summed E-state index contributed by atoms with van der Waals surface area (Å²) in [7, 11) is 0. The van der Waals surface area contributed by atoms with Crippen molar-refractivity contribution < 1.29 is 4.79 Å². The van der Waals surface area contributed by atoms with Crippen molar-refractivity contribution >= 4 is 5.91 Å². The first-order valence-electron chi connectivity index (χ1n) is 6.52. The normalized spacial score (nSPS) is 23.8. The Labute approximate surface area is 113 Å². The van der Waals surface area contributed by atoms with E-state index in [4.69, 9.17) is 5.73 Å². The van der Waals surface area contributed by atoms with Crippen LogP contribution in [-0.2, 0) is 10.2 Å². The molecule has 0 spiro atoms. The second-order valence-electron chi connectivity index (χ2n) is 5.51. The van der Waals surface area contributed by atoms with Crippen molar-refractivity contribution in [2.45, 2.75) is 18.8 Å². The fraction of sp³-hybridized carbons (Fsp3) is 0.235. The quantitative estimate of drug-likeness (QED) is 0.895. The van der Waals surface area contributed by atoms with Crippen LogP contribution in [0.15, 0.2) is 60.7 Å². The smallest absolute Gasteiger partial charge is 0.224 e. The van der Waals surface area contributed by atoms with Gasteiger partial charge < -0.3 is 5.73 Å². The molecule has 2 N–H and O–H groups in total. The van der Waals surface area contributed by atoms with Crippen molar-refractivity contribution in [1.29, 1.82) is 0 Å². The maximum absolute atomic E-state index is 11.9. The number of primary amides is 1. The molecule has 0 aliphatic heterocycles. The molecule has 19 heavy (non-hydrogen) atoms. The van der Waals surface area contributed by atoms with Crippen LogP contribution in [0.4, 0.5) is 0 Å². The highest BCUT2D eigenvalue weighted by atomic mass is 16.1. The molecule has 1 saturated carbocycles. The third kappa shape index (κ3) is 1.53. The summed E-state index contributed by atoms with van der Waals surface area (Å²) in [6.07, 6.45) is 0.781. The summed E-state index contributed by atoms with van der Waals surface area (Å²) in [6.45, 7) is 1.97. The molecule has 2 aromatic carbocycles. The van der Waals surface area contributed by atoms with Crippen LogP contribution in [-0.4, -0.2) is 5.91 Å². The Morgan fingerprint density at radius 3 is 1.68 bits per heavy atom. The summed E-state index contributed by atoms with van der Waals surface area (Å²) in [5.74, 6) is -0.222. The van der Waals surface area contributed by atoms with E-state index >= 15 is 0 Å². The molecule has 0 bridgehead atoms. The Morgan fingerprint density at radius 2 is 1.37 bits per heavy atom. The molecule has 2 aromatic rings. The lowest BCUT2D eigenvalue weighted by atomic mass is 9.80. The van der Waals surface area contributed by atoms with E-state index in [2.05, 4.69) is 24.3 Å². The number of carbonyl (C=O) groups excluding carboxylic acids is 1. The minimum atomic E-state index is -0.490. The molecule has 1 atom stereocenters. The summed E-state index contributed by atoms with van der Waals surface area (Å²) in [4.78, 5) is 11.9. The van der Waals surface area contributed by atoms with E-state index in [-0.39, 0.29) is 11.3 Å². The summed E-state index contributed by atoms with van der Waals surface area (Å²) in [5.41, 5.74) is 7.23. The number of rotatable bonds is 3. The largest absolute Gasteiger partial charge is 0.369 e. The first-order chi connectivity index (χ1) is 9.11. The number of carbonyl (C=O) groups is 1. The SMILES string of the molecule is CC1(C(N)=O)CC1(c1ccccc1)c1ccccc1. The number of hydrogen-bond acceptors (Lipinski definition) is 1. The molecule has 1 unspecified atom stereocenters. The Kier molecular flexibility index (Phi) is 2.49. The van der Waals surface area contributed by atoms with Crippen molar-refractivity contribution in [2.75, 3.05) is 0 Å². The molecule has 0 saturated heterocycles. The molecule has 3 rings (SSSR count). The van der Waals surface area contributed by atoms with E-state index in [0.717, 1.165) is 6.42 Å². The van der Waals surface area contributed by atoms with Gasteiger partial charge in [-0.15, -0.1) is 0 Å². The third-order valence-corrected chi connectivity index (χ3v) is 4.51. The Balaban J connectivity index is 2.18. The molecule has 96 valence electrons. The van der Waals surface area contributed by atoms with Gasteiger partial charge >= 0.3 is 0 Å². The Morgan fingerprint density at radius 1 is 0.947 bits per heavy atom. The van der Waals surface area contributed by atoms with Crippen LogP contribution in [0, 0.1) is 5.41 Å². The van der Waals surface area contributed by atoms with E-state index in [1.165, 1.54) is 11.1 Å². The van der Waals surface area contributed by atoms with Gasteiger partial charge in [0.1, 0.15) is 0 Å². The predicted octanol–water partition coefficient (Wildman–Crippen LogP) is 2.87. The molecule has 2 nitrogen and oxygen atoms in total. The van der Waals surface area contributed by atoms with Gasteiger partial charge in [-0.3, -0.25) is 4.79 Å². The average molecular weight is 251 g/mol. The molecule has 1 amide bonds. The second kappa shape index (κ2) is 3.95. The fourth-order valence-corrected chi connectivity index (χ4v) is 3.24. The average Bonchev–Trinajstić information content (AvgIpc) is 3.10. The van der Waals surface area contributed by atoms with Gasteiger partial charge in [0.05, 0.1) is 5.41 Å². The lowest BCUT2D eigenvalue weighted by molar-refractivity contribution is -0.123. The van der Waals surface area contributed by atoms with E-state index < -0.39 is 5.41 Å². The van der Waals surface area contributed by atoms with Gasteiger partial charge in [-0.2, -0.15) is 0 Å². The molecule has 0 heterocycles. The van der Waals surface area contributed by atoms with Crippen molar-refractivity contribution in [3.8, 4) is 0 Å². The number of amides is 1. The molecular formula is C17H17NO. The summed E-state index contributed by atoms with van der Waals surface area (Å²) >= 11 is 0. The van der Waals surface area contributed by atoms with Crippen LogP contribution in [0.5, 0.6) is 0 Å². The van der Waals surface area contributed by atoms with E-state index in [0.29, 0.717) is 0 Å². The first-order valence-corrected chi connectivity index (χ1v) is 6.52. The zero-order valence-corrected chi connectivity index (χ0v) is 11.0. The van der Waals surface area contributed by atoms with E-state index in [9.17, 15) is 4.79 Å². The van der Waals surface area contributed by atoms with Gasteiger partial charge in [-0.25, -0.2) is 0 Å². The van der Waals surface area contributed by atoms with Crippen LogP contribution in [0.1, 0.15) is 24.5 Å². The third-order valence-electron chi connectivity index (χ3n) is 4.51. The maximum atomic E-state index is 11.9. The summed E-state index contributed by atoms with van der Waals surface area (Å²) < 4.78 is 0. The van der Waals surface area contributed by atoms with Crippen LogP contribution in [0.3, 0.4) is 0 Å². The molecule has 2 heteroatoms. The highest BCUT2D eigenvalue weighted by Gasteiger charge is 2.69. The lowest BCUT2D eigenvalue weighted by Gasteiger charge is -2.22. The molecule has 0 radical (unpaired) electrons. The molecular weight excluding hydrogens is 234 g/mol. The number of benzene rings is 2. The minimum absolute atomic E-state index is 0.222. The van der Waals surface area contributed by atoms with Gasteiger partial charge in [0, 0.05) is 5.41 Å². The molecule has 1 aliphatic carbocycles. The molecule has 1 fully saturated rings. The van der Waals surface area contributed by atoms with Crippen LogP contribution < -0.4 is 5.73 Å². The van der Waals surface area contributed by atoms with Gasteiger partial charge in [-0.1, -0.05) is 60.7 Å². The van der Waals surface area contributed by atoms with Crippen molar-refractivity contribution in [3.63, 3.8) is 0 Å². The summed E-state index contributed by atoms with van der Waals surface area (Å²) in [5, 5.41) is 0. The molecule has 1 aliphatic rings. The van der Waals surface area contributed by atoms with Crippen molar-refractivity contribution in [3.05, 3.63) is 71.8 Å². The van der Waals surface area contributed by atoms with Crippen molar-refractivity contribution in [2.24, 2.45) is 11.1 Å². The standard InChI is InChI=1S/C17H17NO/c1-16(15(18)19)12-17(16,13-8-4-2-5-9-13)14-10-6-3-7-11-14/h2-11H,12H2,1H3,(H2,18,19). The highest BCUT2D eigenvalue weighted by Crippen LogP contribution is 2.67. The topological polar surface area (TPSA) is 43.1 Å². The second-order valence-corrected chi connectivity index (χ2v) is 5.51. The lowest BCUT2D eigenvalue weighted by Crippen LogP contribution is -2.30. The van der Waals surface area contributed by atoms with E-state index in [1.807, 2.05) is 43.3 Å². The van der Waals surface area contributed by atoms with Crippen LogP contribution in [0.2, 0.25) is 0 Å². The van der Waals surface area contributed by atoms with E-state index in [1.54, 1.807) is 0 Å². The molecule has 0 aromatic heterocycles. The Bertz CT molecular complexity index is 566. The monoisotopic (exact) mass is 251 g/mol. The number of hydrogen-bond donors (Lipinski definition) is 1. The van der Waals surface area contributed by atoms with Gasteiger partial charge in [-0.05, 0) is 24.5 Å². The van der Waals surface area contributed by atoms with Crippen molar-refractivity contribution in [1.82, 2.24) is 0 Å². The van der Waals surface area contributed by atoms with Gasteiger partial charge in [0.15, 0.2) is 0 Å². The van der Waals surface area contributed by atoms with Crippen LogP contribution in [0.25, 0.3) is 0 Å². The predicted molar refractivity (Wildman–Crippen MR) is 75.6 cm³/mol. The zero-order chi connectivity index (χ0) is 13.5. The highest BCUT2D eigenvalue weighted by molar-refractivity contribution is 5.88. The van der Waals surface area contributed by atoms with Gasteiger partial charge in [0.25, 0.3) is 0 Å². The zero-order valence-electron chi connectivity index (χ0n) is 11.0. The minimum Gasteiger partial charge on any atom is -0.369 e. The summed E-state index contributed by atoms with van der Waals surface area (Å²) in [6, 6.07) is 20.4. The maximum Gasteiger partial charge on any atom is 0.224 e. The first kappa shape index (κ1) is 12.0. The van der Waals surface area contributed by atoms with Gasteiger partial charge in [0.2, 0.25) is 5.91 Å².